The van der Waals surface area contributed by atoms with Gasteiger partial charge in [-0.1, -0.05) is 11.6 Å². The largest absolute Gasteiger partial charge is 0.373 e. The van der Waals surface area contributed by atoms with Gasteiger partial charge >= 0.3 is 0 Å². The first-order valence-electron chi connectivity index (χ1n) is 6.15. The molecule has 2 rings (SSSR count). The van der Waals surface area contributed by atoms with Crippen molar-refractivity contribution in [1.29, 1.82) is 0 Å². The fourth-order valence-corrected chi connectivity index (χ4v) is 2.30. The number of nitrogens with zero attached hydrogens (tertiary/aromatic N) is 2. The predicted octanol–water partition coefficient (Wildman–Crippen LogP) is 1.94. The molecule has 1 aliphatic heterocycles. The van der Waals surface area contributed by atoms with Crippen LogP contribution >= 0.6 is 11.6 Å². The lowest BCUT2D eigenvalue weighted by Gasteiger charge is -2.35. The number of rotatable bonds is 3. The summed E-state index contributed by atoms with van der Waals surface area (Å²) in [6.45, 7) is 3.07. The van der Waals surface area contributed by atoms with Crippen LogP contribution in [0.25, 0.3) is 0 Å². The first-order valence-corrected chi connectivity index (χ1v) is 6.53. The Balaban J connectivity index is 2.36. The lowest BCUT2D eigenvalue weighted by molar-refractivity contribution is -0.384. The minimum absolute atomic E-state index is 0.144. The van der Waals surface area contributed by atoms with E-state index in [4.69, 9.17) is 22.1 Å². The Hall–Kier alpha value is -1.44. The third-order valence-corrected chi connectivity index (χ3v) is 3.52. The Morgan fingerprint density at radius 3 is 2.95 bits per heavy atom. The van der Waals surface area contributed by atoms with E-state index in [0.29, 0.717) is 19.7 Å². The van der Waals surface area contributed by atoms with Crippen LogP contribution in [0.2, 0.25) is 5.02 Å². The maximum absolute atomic E-state index is 13.4. The van der Waals surface area contributed by atoms with Gasteiger partial charge in [0.2, 0.25) is 0 Å². The van der Waals surface area contributed by atoms with Gasteiger partial charge in [0.1, 0.15) is 11.5 Å². The molecule has 0 saturated carbocycles. The van der Waals surface area contributed by atoms with Gasteiger partial charge in [-0.05, 0) is 13.0 Å². The summed E-state index contributed by atoms with van der Waals surface area (Å²) in [7, 11) is 0. The van der Waals surface area contributed by atoms with E-state index in [-0.39, 0.29) is 28.5 Å². The summed E-state index contributed by atoms with van der Waals surface area (Å²) in [5.41, 5.74) is 5.77. The van der Waals surface area contributed by atoms with Crippen molar-refractivity contribution in [2.24, 2.45) is 5.73 Å². The highest BCUT2D eigenvalue weighted by atomic mass is 35.5. The van der Waals surface area contributed by atoms with Gasteiger partial charge in [0, 0.05) is 19.1 Å². The number of anilines is 1. The Labute approximate surface area is 120 Å². The van der Waals surface area contributed by atoms with E-state index in [1.807, 2.05) is 0 Å². The van der Waals surface area contributed by atoms with E-state index < -0.39 is 10.7 Å². The summed E-state index contributed by atoms with van der Waals surface area (Å²) in [4.78, 5) is 12.2. The van der Waals surface area contributed by atoms with Crippen molar-refractivity contribution >= 4 is 23.0 Å². The molecule has 0 aliphatic carbocycles. The average Bonchev–Trinajstić information content (AvgIpc) is 2.41. The molecule has 8 heteroatoms. The van der Waals surface area contributed by atoms with Gasteiger partial charge in [0.05, 0.1) is 28.7 Å². The highest BCUT2D eigenvalue weighted by Gasteiger charge is 2.29. The second kappa shape index (κ2) is 5.90. The van der Waals surface area contributed by atoms with Crippen molar-refractivity contribution in [2.75, 3.05) is 24.6 Å². The van der Waals surface area contributed by atoms with Gasteiger partial charge in [-0.25, -0.2) is 4.39 Å². The minimum atomic E-state index is -0.806. The summed E-state index contributed by atoms with van der Waals surface area (Å²) >= 11 is 5.73. The van der Waals surface area contributed by atoms with E-state index in [0.717, 1.165) is 6.07 Å². The Kier molecular flexibility index (Phi) is 4.42. The molecule has 2 unspecified atom stereocenters. The second-order valence-electron chi connectivity index (χ2n) is 4.73. The summed E-state index contributed by atoms with van der Waals surface area (Å²) in [5.74, 6) is -0.806. The van der Waals surface area contributed by atoms with Crippen LogP contribution in [0.5, 0.6) is 0 Å². The van der Waals surface area contributed by atoms with Crippen LogP contribution in [0.1, 0.15) is 6.92 Å². The number of halogens is 2. The Morgan fingerprint density at radius 1 is 1.65 bits per heavy atom. The van der Waals surface area contributed by atoms with E-state index >= 15 is 0 Å². The fraction of sp³-hybridized carbons (Fsp3) is 0.500. The van der Waals surface area contributed by atoms with Crippen LogP contribution < -0.4 is 10.6 Å². The van der Waals surface area contributed by atoms with Crippen molar-refractivity contribution < 1.29 is 14.1 Å². The van der Waals surface area contributed by atoms with Gasteiger partial charge in [-0.15, -0.1) is 0 Å². The van der Waals surface area contributed by atoms with Crippen LogP contribution in [0.3, 0.4) is 0 Å². The van der Waals surface area contributed by atoms with E-state index in [2.05, 4.69) is 0 Å². The predicted molar refractivity (Wildman–Crippen MR) is 73.7 cm³/mol. The molecule has 0 bridgehead atoms. The van der Waals surface area contributed by atoms with Gasteiger partial charge < -0.3 is 15.4 Å². The number of nitrogens with two attached hydrogens (primary N) is 1. The maximum Gasteiger partial charge on any atom is 0.295 e. The SMILES string of the molecule is CC(N)C1CN(c2cc(Cl)c(F)cc2[N+](=O)[O-])CCO1. The molecular formula is C12H15ClFN3O3. The van der Waals surface area contributed by atoms with Gasteiger partial charge in [-0.2, -0.15) is 0 Å². The average molecular weight is 304 g/mol. The van der Waals surface area contributed by atoms with Gasteiger partial charge in [0.25, 0.3) is 5.69 Å². The Morgan fingerprint density at radius 2 is 2.35 bits per heavy atom. The highest BCUT2D eigenvalue weighted by Crippen LogP contribution is 2.34. The van der Waals surface area contributed by atoms with Crippen molar-refractivity contribution in [3.63, 3.8) is 0 Å². The molecule has 1 aromatic rings. The molecule has 0 aromatic heterocycles. The second-order valence-corrected chi connectivity index (χ2v) is 5.13. The molecule has 0 radical (unpaired) electrons. The quantitative estimate of drug-likeness (QED) is 0.681. The number of hydrogen-bond acceptors (Lipinski definition) is 5. The Bertz CT molecular complexity index is 527. The molecule has 0 amide bonds. The lowest BCUT2D eigenvalue weighted by Crippen LogP contribution is -2.49. The molecule has 2 N–H and O–H groups in total. The monoisotopic (exact) mass is 303 g/mol. The van der Waals surface area contributed by atoms with Crippen molar-refractivity contribution in [3.05, 3.63) is 33.1 Å². The van der Waals surface area contributed by atoms with Crippen molar-refractivity contribution in [2.45, 2.75) is 19.1 Å². The molecule has 6 nitrogen and oxygen atoms in total. The van der Waals surface area contributed by atoms with Gasteiger partial charge in [0.15, 0.2) is 0 Å². The van der Waals surface area contributed by atoms with E-state index in [1.165, 1.54) is 6.07 Å². The summed E-state index contributed by atoms with van der Waals surface area (Å²) < 4.78 is 18.9. The minimum Gasteiger partial charge on any atom is -0.373 e. The van der Waals surface area contributed by atoms with E-state index in [9.17, 15) is 14.5 Å². The third kappa shape index (κ3) is 3.00. The molecule has 1 fully saturated rings. The number of nitro benzene ring substituents is 1. The lowest BCUT2D eigenvalue weighted by atomic mass is 10.1. The number of nitro groups is 1. The number of hydrogen-bond donors (Lipinski definition) is 1. The van der Waals surface area contributed by atoms with Gasteiger partial charge in [-0.3, -0.25) is 10.1 Å². The summed E-state index contributed by atoms with van der Waals surface area (Å²) in [5, 5.41) is 10.9. The molecule has 2 atom stereocenters. The molecule has 110 valence electrons. The zero-order chi connectivity index (χ0) is 14.9. The van der Waals surface area contributed by atoms with E-state index in [1.54, 1.807) is 11.8 Å². The van der Waals surface area contributed by atoms with Crippen LogP contribution in [0.15, 0.2) is 12.1 Å². The van der Waals surface area contributed by atoms with Crippen LogP contribution in [0, 0.1) is 15.9 Å². The fourth-order valence-electron chi connectivity index (χ4n) is 2.14. The number of ether oxygens (including phenoxy) is 1. The van der Waals surface area contributed by atoms with Crippen molar-refractivity contribution in [3.8, 4) is 0 Å². The summed E-state index contributed by atoms with van der Waals surface area (Å²) in [6, 6.07) is 1.92. The van der Waals surface area contributed by atoms with Crippen LogP contribution in [0.4, 0.5) is 15.8 Å². The maximum atomic E-state index is 13.4. The third-order valence-electron chi connectivity index (χ3n) is 3.23. The first kappa shape index (κ1) is 15.0. The molecule has 1 heterocycles. The zero-order valence-corrected chi connectivity index (χ0v) is 11.6. The van der Waals surface area contributed by atoms with Crippen molar-refractivity contribution in [1.82, 2.24) is 0 Å². The molecule has 0 spiro atoms. The molecule has 1 saturated heterocycles. The normalized spacial score (nSPS) is 20.8. The standard InChI is InChI=1S/C12H15ClFN3O3/c1-7(15)12-6-16(2-3-20-12)10-4-8(13)9(14)5-11(10)17(18)19/h4-5,7,12H,2-3,6,15H2,1H3. The number of morpholine rings is 1. The van der Waals surface area contributed by atoms with Crippen LogP contribution in [-0.4, -0.2) is 36.8 Å². The summed E-state index contributed by atoms with van der Waals surface area (Å²) in [6.07, 6.45) is -0.229. The zero-order valence-electron chi connectivity index (χ0n) is 10.9. The smallest absolute Gasteiger partial charge is 0.295 e. The highest BCUT2D eigenvalue weighted by molar-refractivity contribution is 6.31. The first-order chi connectivity index (χ1) is 9.40. The molecule has 1 aromatic carbocycles. The molecular weight excluding hydrogens is 289 g/mol. The number of benzene rings is 1. The molecule has 1 aliphatic rings. The molecule has 20 heavy (non-hydrogen) atoms. The topological polar surface area (TPSA) is 81.6 Å². The van der Waals surface area contributed by atoms with Crippen LogP contribution in [-0.2, 0) is 4.74 Å².